The lowest BCUT2D eigenvalue weighted by Gasteiger charge is -2.26. The molecule has 0 bridgehead atoms. The first-order chi connectivity index (χ1) is 8.54. The second-order valence-electron chi connectivity index (χ2n) is 4.96. The van der Waals surface area contributed by atoms with Crippen LogP contribution in [0.15, 0.2) is 0 Å². The normalized spacial score (nSPS) is 25.4. The van der Waals surface area contributed by atoms with Crippen LogP contribution in [0.1, 0.15) is 39.5 Å². The molecule has 1 fully saturated rings. The number of ether oxygens (including phenoxy) is 1. The van der Waals surface area contributed by atoms with Crippen molar-refractivity contribution in [2.75, 3.05) is 13.2 Å². The van der Waals surface area contributed by atoms with Gasteiger partial charge in [0, 0.05) is 18.6 Å². The minimum absolute atomic E-state index is 0.00893. The van der Waals surface area contributed by atoms with E-state index in [4.69, 9.17) is 9.84 Å². The van der Waals surface area contributed by atoms with Gasteiger partial charge in [-0.25, -0.2) is 0 Å². The van der Waals surface area contributed by atoms with Gasteiger partial charge in [0.1, 0.15) is 0 Å². The average molecular weight is 257 g/mol. The first kappa shape index (κ1) is 15.0. The Hall–Kier alpha value is -1.10. The maximum atomic E-state index is 11.9. The summed E-state index contributed by atoms with van der Waals surface area (Å²) in [7, 11) is 0. The fraction of sp³-hybridized carbons (Fsp3) is 0.846. The molecular formula is C13H23NO4. The van der Waals surface area contributed by atoms with Gasteiger partial charge in [0.05, 0.1) is 12.5 Å². The minimum atomic E-state index is -0.737. The van der Waals surface area contributed by atoms with Crippen molar-refractivity contribution >= 4 is 11.9 Å². The van der Waals surface area contributed by atoms with E-state index in [0.717, 1.165) is 0 Å². The largest absolute Gasteiger partial charge is 0.481 e. The number of hydrogen-bond acceptors (Lipinski definition) is 3. The lowest BCUT2D eigenvalue weighted by Crippen LogP contribution is -2.41. The molecule has 0 spiro atoms. The topological polar surface area (TPSA) is 75.6 Å². The molecule has 0 saturated heterocycles. The number of nitrogens with one attached hydrogen (secondary N) is 1. The molecule has 1 atom stereocenters. The fourth-order valence-electron chi connectivity index (χ4n) is 2.30. The lowest BCUT2D eigenvalue weighted by molar-refractivity contribution is -0.144. The van der Waals surface area contributed by atoms with Gasteiger partial charge >= 0.3 is 5.97 Å². The van der Waals surface area contributed by atoms with Crippen LogP contribution in [0.25, 0.3) is 0 Å². The fourth-order valence-corrected chi connectivity index (χ4v) is 2.30. The van der Waals surface area contributed by atoms with Gasteiger partial charge in [-0.3, -0.25) is 9.59 Å². The van der Waals surface area contributed by atoms with Crippen molar-refractivity contribution in [1.29, 1.82) is 0 Å². The van der Waals surface area contributed by atoms with Crippen molar-refractivity contribution in [1.82, 2.24) is 5.32 Å². The number of aliphatic carboxylic acids is 1. The lowest BCUT2D eigenvalue weighted by atomic mass is 9.81. The highest BCUT2D eigenvalue weighted by atomic mass is 16.5. The third-order valence-electron chi connectivity index (χ3n) is 3.41. The van der Waals surface area contributed by atoms with Crippen LogP contribution >= 0.6 is 0 Å². The van der Waals surface area contributed by atoms with Crippen molar-refractivity contribution in [2.24, 2.45) is 11.8 Å². The van der Waals surface area contributed by atoms with E-state index >= 15 is 0 Å². The first-order valence-electron chi connectivity index (χ1n) is 6.65. The Bertz CT molecular complexity index is 285. The molecule has 5 heteroatoms. The van der Waals surface area contributed by atoms with E-state index in [1.54, 1.807) is 0 Å². The molecule has 0 aliphatic heterocycles. The van der Waals surface area contributed by atoms with Crippen LogP contribution in [-0.2, 0) is 14.3 Å². The Morgan fingerprint density at radius 2 is 1.83 bits per heavy atom. The molecule has 0 aromatic carbocycles. The van der Waals surface area contributed by atoms with Gasteiger partial charge in [0.15, 0.2) is 0 Å². The Labute approximate surface area is 108 Å². The predicted molar refractivity (Wildman–Crippen MR) is 67.2 cm³/mol. The Morgan fingerprint density at radius 3 is 2.33 bits per heavy atom. The van der Waals surface area contributed by atoms with Crippen molar-refractivity contribution in [3.05, 3.63) is 0 Å². The standard InChI is InChI=1S/C13H23NO4/c1-3-18-8-9(2)14-12(15)10-4-6-11(7-5-10)13(16)17/h9-11H,3-8H2,1-2H3,(H,14,15)(H,16,17). The number of hydrogen-bond donors (Lipinski definition) is 2. The van der Waals surface area contributed by atoms with Crippen LogP contribution < -0.4 is 5.32 Å². The van der Waals surface area contributed by atoms with E-state index in [1.165, 1.54) is 0 Å². The van der Waals surface area contributed by atoms with Gasteiger partial charge in [-0.1, -0.05) is 0 Å². The molecule has 5 nitrogen and oxygen atoms in total. The van der Waals surface area contributed by atoms with Gasteiger partial charge in [-0.15, -0.1) is 0 Å². The number of carbonyl (C=O) groups is 2. The summed E-state index contributed by atoms with van der Waals surface area (Å²) in [6.45, 7) is 4.99. The molecular weight excluding hydrogens is 234 g/mol. The SMILES string of the molecule is CCOCC(C)NC(=O)C1CCC(C(=O)O)CC1. The van der Waals surface area contributed by atoms with Gasteiger partial charge in [-0.2, -0.15) is 0 Å². The average Bonchev–Trinajstić information content (AvgIpc) is 2.36. The summed E-state index contributed by atoms with van der Waals surface area (Å²) < 4.78 is 5.24. The van der Waals surface area contributed by atoms with E-state index in [0.29, 0.717) is 38.9 Å². The molecule has 2 N–H and O–H groups in total. The van der Waals surface area contributed by atoms with Gasteiger partial charge < -0.3 is 15.2 Å². The maximum absolute atomic E-state index is 11.9. The molecule has 104 valence electrons. The molecule has 1 rings (SSSR count). The monoisotopic (exact) mass is 257 g/mol. The van der Waals surface area contributed by atoms with Crippen molar-refractivity contribution in [2.45, 2.75) is 45.6 Å². The number of carbonyl (C=O) groups excluding carboxylic acids is 1. The smallest absolute Gasteiger partial charge is 0.306 e. The third-order valence-corrected chi connectivity index (χ3v) is 3.41. The van der Waals surface area contributed by atoms with E-state index in [9.17, 15) is 9.59 Å². The number of rotatable bonds is 6. The molecule has 1 aliphatic rings. The van der Waals surface area contributed by atoms with Crippen LogP contribution in [0.2, 0.25) is 0 Å². The minimum Gasteiger partial charge on any atom is -0.481 e. The summed E-state index contributed by atoms with van der Waals surface area (Å²) in [6, 6.07) is 0.00893. The second kappa shape index (κ2) is 7.36. The van der Waals surface area contributed by atoms with E-state index in [2.05, 4.69) is 5.32 Å². The molecule has 1 unspecified atom stereocenters. The zero-order chi connectivity index (χ0) is 13.5. The van der Waals surface area contributed by atoms with Gasteiger partial charge in [0.25, 0.3) is 0 Å². The predicted octanol–water partition coefficient (Wildman–Crippen LogP) is 1.42. The maximum Gasteiger partial charge on any atom is 0.306 e. The van der Waals surface area contributed by atoms with Crippen molar-refractivity contribution < 1.29 is 19.4 Å². The zero-order valence-corrected chi connectivity index (χ0v) is 11.1. The van der Waals surface area contributed by atoms with Crippen molar-refractivity contribution in [3.8, 4) is 0 Å². The highest BCUT2D eigenvalue weighted by Crippen LogP contribution is 2.29. The summed E-state index contributed by atoms with van der Waals surface area (Å²) in [5, 5.41) is 11.8. The number of carboxylic acids is 1. The van der Waals surface area contributed by atoms with E-state index in [1.807, 2.05) is 13.8 Å². The van der Waals surface area contributed by atoms with Gasteiger partial charge in [-0.05, 0) is 39.5 Å². The van der Waals surface area contributed by atoms with Crippen LogP contribution in [0, 0.1) is 11.8 Å². The molecule has 0 aromatic heterocycles. The van der Waals surface area contributed by atoms with Crippen molar-refractivity contribution in [3.63, 3.8) is 0 Å². The third kappa shape index (κ3) is 4.64. The molecule has 18 heavy (non-hydrogen) atoms. The number of carboxylic acid groups (broad SMARTS) is 1. The molecule has 0 aromatic rings. The van der Waals surface area contributed by atoms with Crippen LogP contribution in [0.5, 0.6) is 0 Å². The Balaban J connectivity index is 2.29. The molecule has 0 radical (unpaired) electrons. The summed E-state index contributed by atoms with van der Waals surface area (Å²) in [6.07, 6.45) is 2.55. The van der Waals surface area contributed by atoms with E-state index in [-0.39, 0.29) is 23.8 Å². The van der Waals surface area contributed by atoms with Crippen LogP contribution in [-0.4, -0.2) is 36.2 Å². The highest BCUT2D eigenvalue weighted by molar-refractivity contribution is 5.79. The van der Waals surface area contributed by atoms with Crippen LogP contribution in [0.4, 0.5) is 0 Å². The quantitative estimate of drug-likeness (QED) is 0.754. The molecule has 1 saturated carbocycles. The second-order valence-corrected chi connectivity index (χ2v) is 4.96. The Kier molecular flexibility index (Phi) is 6.12. The highest BCUT2D eigenvalue weighted by Gasteiger charge is 2.30. The van der Waals surface area contributed by atoms with Gasteiger partial charge in [0.2, 0.25) is 5.91 Å². The molecule has 1 amide bonds. The van der Waals surface area contributed by atoms with Crippen LogP contribution in [0.3, 0.4) is 0 Å². The van der Waals surface area contributed by atoms with E-state index < -0.39 is 5.97 Å². The molecule has 0 heterocycles. The summed E-state index contributed by atoms with van der Waals surface area (Å²) in [5.41, 5.74) is 0. The first-order valence-corrected chi connectivity index (χ1v) is 6.65. The number of amides is 1. The zero-order valence-electron chi connectivity index (χ0n) is 11.1. The summed E-state index contributed by atoms with van der Waals surface area (Å²) in [5.74, 6) is -1.01. The molecule has 1 aliphatic carbocycles. The Morgan fingerprint density at radius 1 is 1.28 bits per heavy atom. The summed E-state index contributed by atoms with van der Waals surface area (Å²) >= 11 is 0. The summed E-state index contributed by atoms with van der Waals surface area (Å²) in [4.78, 5) is 22.7.